The highest BCUT2D eigenvalue weighted by Gasteiger charge is 2.13. The number of thiazole rings is 1. The van der Waals surface area contributed by atoms with Gasteiger partial charge in [0.2, 0.25) is 0 Å². The van der Waals surface area contributed by atoms with E-state index >= 15 is 0 Å². The number of halogens is 1. The highest BCUT2D eigenvalue weighted by Crippen LogP contribution is 2.25. The third kappa shape index (κ3) is 3.45. The third-order valence-electron chi connectivity index (χ3n) is 3.35. The zero-order valence-corrected chi connectivity index (χ0v) is 12.3. The molecule has 0 spiro atoms. The fourth-order valence-corrected chi connectivity index (χ4v) is 3.43. The van der Waals surface area contributed by atoms with E-state index in [0.717, 1.165) is 54.5 Å². The molecular formula is C14H17ClN2OS. The van der Waals surface area contributed by atoms with Crippen molar-refractivity contribution in [3.63, 3.8) is 0 Å². The lowest BCUT2D eigenvalue weighted by atomic mass is 10.1. The van der Waals surface area contributed by atoms with E-state index in [1.54, 1.807) is 11.3 Å². The number of nitrogens with one attached hydrogen (secondary N) is 1. The molecule has 1 aliphatic heterocycles. The number of rotatable bonds is 4. The Hall–Kier alpha value is -0.680. The highest BCUT2D eigenvalue weighted by molar-refractivity contribution is 7.18. The summed E-state index contributed by atoms with van der Waals surface area (Å²) in [7, 11) is 0. The number of hydrogen-bond donors (Lipinski definition) is 1. The van der Waals surface area contributed by atoms with Gasteiger partial charge in [-0.05, 0) is 44.1 Å². The summed E-state index contributed by atoms with van der Waals surface area (Å²) >= 11 is 7.70. The van der Waals surface area contributed by atoms with Gasteiger partial charge >= 0.3 is 0 Å². The van der Waals surface area contributed by atoms with Crippen LogP contribution in [0.15, 0.2) is 18.2 Å². The van der Waals surface area contributed by atoms with Crippen molar-refractivity contribution in [2.75, 3.05) is 19.7 Å². The summed E-state index contributed by atoms with van der Waals surface area (Å²) in [5, 5.41) is 5.22. The van der Waals surface area contributed by atoms with Crippen LogP contribution in [0.5, 0.6) is 0 Å². The molecule has 1 fully saturated rings. The monoisotopic (exact) mass is 296 g/mol. The van der Waals surface area contributed by atoms with Gasteiger partial charge in [-0.3, -0.25) is 0 Å². The first-order valence-corrected chi connectivity index (χ1v) is 7.88. The van der Waals surface area contributed by atoms with Gasteiger partial charge in [0, 0.05) is 11.4 Å². The summed E-state index contributed by atoms with van der Waals surface area (Å²) in [6, 6.07) is 5.87. The molecule has 0 radical (unpaired) electrons. The number of benzene rings is 1. The van der Waals surface area contributed by atoms with Gasteiger partial charge in [-0.15, -0.1) is 11.3 Å². The minimum atomic E-state index is 0.421. The molecule has 1 aliphatic rings. The van der Waals surface area contributed by atoms with Crippen LogP contribution in [0.3, 0.4) is 0 Å². The number of nitrogens with zero attached hydrogens (tertiary/aromatic N) is 1. The van der Waals surface area contributed by atoms with Crippen molar-refractivity contribution in [1.29, 1.82) is 0 Å². The minimum absolute atomic E-state index is 0.421. The van der Waals surface area contributed by atoms with Crippen LogP contribution >= 0.6 is 22.9 Å². The van der Waals surface area contributed by atoms with E-state index in [0.29, 0.717) is 6.10 Å². The van der Waals surface area contributed by atoms with Crippen molar-refractivity contribution in [2.24, 2.45) is 0 Å². The van der Waals surface area contributed by atoms with Crippen LogP contribution in [0.2, 0.25) is 5.02 Å². The second-order valence-electron chi connectivity index (χ2n) is 4.79. The summed E-state index contributed by atoms with van der Waals surface area (Å²) in [6.45, 7) is 2.91. The second kappa shape index (κ2) is 6.18. The first-order valence-electron chi connectivity index (χ1n) is 6.68. The maximum Gasteiger partial charge on any atom is 0.0961 e. The minimum Gasteiger partial charge on any atom is -0.378 e. The van der Waals surface area contributed by atoms with Gasteiger partial charge in [0.25, 0.3) is 0 Å². The Morgan fingerprint density at radius 2 is 2.21 bits per heavy atom. The molecule has 5 heteroatoms. The Morgan fingerprint density at radius 1 is 1.37 bits per heavy atom. The predicted octanol–water partition coefficient (Wildman–Crippen LogP) is 3.26. The summed E-state index contributed by atoms with van der Waals surface area (Å²) in [5.41, 5.74) is 0.995. The molecular weight excluding hydrogens is 280 g/mol. The van der Waals surface area contributed by atoms with Gasteiger partial charge in [-0.25, -0.2) is 4.98 Å². The standard InChI is InChI=1S/C14H17ClN2OS/c15-10-1-2-13-12(9-10)17-14(19-13)5-8-18-11-3-6-16-7-4-11/h1-2,9,11,16H,3-8H2. The van der Waals surface area contributed by atoms with Crippen molar-refractivity contribution >= 4 is 33.2 Å². The number of hydrogen-bond acceptors (Lipinski definition) is 4. The van der Waals surface area contributed by atoms with E-state index < -0.39 is 0 Å². The van der Waals surface area contributed by atoms with Crippen molar-refractivity contribution in [2.45, 2.75) is 25.4 Å². The zero-order valence-electron chi connectivity index (χ0n) is 10.7. The molecule has 0 unspecified atom stereocenters. The lowest BCUT2D eigenvalue weighted by molar-refractivity contribution is 0.0349. The summed E-state index contributed by atoms with van der Waals surface area (Å²) in [4.78, 5) is 4.60. The smallest absolute Gasteiger partial charge is 0.0961 e. The van der Waals surface area contributed by atoms with E-state index in [4.69, 9.17) is 16.3 Å². The Bertz CT molecular complexity index is 551. The number of ether oxygens (including phenoxy) is 1. The highest BCUT2D eigenvalue weighted by atomic mass is 35.5. The first-order chi connectivity index (χ1) is 9.31. The lowest BCUT2D eigenvalue weighted by Crippen LogP contribution is -2.32. The van der Waals surface area contributed by atoms with Gasteiger partial charge in [-0.1, -0.05) is 11.6 Å². The molecule has 1 aromatic heterocycles. The first kappa shape index (κ1) is 13.3. The van der Waals surface area contributed by atoms with E-state index in [2.05, 4.69) is 10.3 Å². The van der Waals surface area contributed by atoms with Crippen LogP contribution in [0.4, 0.5) is 0 Å². The Balaban J connectivity index is 1.56. The van der Waals surface area contributed by atoms with Gasteiger partial charge in [0.05, 0.1) is 27.9 Å². The van der Waals surface area contributed by atoms with Crippen molar-refractivity contribution < 1.29 is 4.74 Å². The molecule has 0 saturated carbocycles. The normalized spacial score (nSPS) is 17.1. The SMILES string of the molecule is Clc1ccc2sc(CCOC3CCNCC3)nc2c1. The quantitative estimate of drug-likeness (QED) is 0.940. The van der Waals surface area contributed by atoms with Gasteiger partial charge in [0.1, 0.15) is 0 Å². The molecule has 0 atom stereocenters. The van der Waals surface area contributed by atoms with Crippen LogP contribution < -0.4 is 5.32 Å². The predicted molar refractivity (Wildman–Crippen MR) is 80.2 cm³/mol. The molecule has 3 nitrogen and oxygen atoms in total. The van der Waals surface area contributed by atoms with Crippen molar-refractivity contribution in [3.05, 3.63) is 28.2 Å². The van der Waals surface area contributed by atoms with E-state index in [9.17, 15) is 0 Å². The van der Waals surface area contributed by atoms with Crippen LogP contribution in [-0.2, 0) is 11.2 Å². The third-order valence-corrected chi connectivity index (χ3v) is 4.68. The molecule has 19 heavy (non-hydrogen) atoms. The van der Waals surface area contributed by atoms with Crippen LogP contribution in [0, 0.1) is 0 Å². The Labute approximate surface area is 121 Å². The molecule has 3 rings (SSSR count). The molecule has 0 bridgehead atoms. The van der Waals surface area contributed by atoms with Crippen LogP contribution in [0.1, 0.15) is 17.8 Å². The number of fused-ring (bicyclic) bond motifs is 1. The van der Waals surface area contributed by atoms with Crippen LogP contribution in [0.25, 0.3) is 10.2 Å². The fraction of sp³-hybridized carbons (Fsp3) is 0.500. The molecule has 0 amide bonds. The molecule has 1 aromatic carbocycles. The second-order valence-corrected chi connectivity index (χ2v) is 6.34. The maximum absolute atomic E-state index is 5.97. The summed E-state index contributed by atoms with van der Waals surface area (Å²) < 4.78 is 7.10. The van der Waals surface area contributed by atoms with E-state index in [1.807, 2.05) is 18.2 Å². The zero-order chi connectivity index (χ0) is 13.1. The van der Waals surface area contributed by atoms with E-state index in [-0.39, 0.29) is 0 Å². The summed E-state index contributed by atoms with van der Waals surface area (Å²) in [6.07, 6.45) is 3.55. The van der Waals surface area contributed by atoms with Gasteiger partial charge in [0.15, 0.2) is 0 Å². The lowest BCUT2D eigenvalue weighted by Gasteiger charge is -2.22. The van der Waals surface area contributed by atoms with Gasteiger partial charge < -0.3 is 10.1 Å². The molecule has 102 valence electrons. The maximum atomic E-state index is 5.97. The molecule has 2 aromatic rings. The number of aromatic nitrogens is 1. The Kier molecular flexibility index (Phi) is 4.33. The van der Waals surface area contributed by atoms with Gasteiger partial charge in [-0.2, -0.15) is 0 Å². The largest absolute Gasteiger partial charge is 0.378 e. The average molecular weight is 297 g/mol. The summed E-state index contributed by atoms with van der Waals surface area (Å²) in [5.74, 6) is 0. The van der Waals surface area contributed by atoms with Crippen LogP contribution in [-0.4, -0.2) is 30.8 Å². The molecule has 1 saturated heterocycles. The van der Waals surface area contributed by atoms with Crippen molar-refractivity contribution in [1.82, 2.24) is 10.3 Å². The molecule has 1 N–H and O–H groups in total. The average Bonchev–Trinajstić information content (AvgIpc) is 2.82. The molecule has 0 aliphatic carbocycles. The Morgan fingerprint density at radius 3 is 3.05 bits per heavy atom. The number of piperidine rings is 1. The topological polar surface area (TPSA) is 34.1 Å². The fourth-order valence-electron chi connectivity index (χ4n) is 2.33. The molecule has 2 heterocycles. The van der Waals surface area contributed by atoms with E-state index in [1.165, 1.54) is 4.70 Å². The van der Waals surface area contributed by atoms with Crippen molar-refractivity contribution in [3.8, 4) is 0 Å².